The third-order valence-corrected chi connectivity index (χ3v) is 3.60. The number of ether oxygens (including phenoxy) is 1. The first kappa shape index (κ1) is 15.5. The van der Waals surface area contributed by atoms with Gasteiger partial charge >= 0.3 is 0 Å². The summed E-state index contributed by atoms with van der Waals surface area (Å²) in [6.07, 6.45) is 0. The maximum absolute atomic E-state index is 12.4. The van der Waals surface area contributed by atoms with E-state index in [1.165, 1.54) is 0 Å². The minimum Gasteiger partial charge on any atom is -0.362 e. The second-order valence-electron chi connectivity index (χ2n) is 5.66. The normalized spacial score (nSPS) is 22.4. The number of likely N-dealkylation sites (N-methyl/N-ethyl adjacent to an activating group) is 1. The first-order chi connectivity index (χ1) is 9.87. The molecule has 0 aliphatic carbocycles. The average Bonchev–Trinajstić information content (AvgIpc) is 2.95. The molecule has 1 fully saturated rings. The van der Waals surface area contributed by atoms with Gasteiger partial charge in [0.05, 0.1) is 18.8 Å². The second kappa shape index (κ2) is 5.85. The number of nitrogens with zero attached hydrogens (tertiary/aromatic N) is 2. The molecule has 2 heterocycles. The van der Waals surface area contributed by atoms with Crippen molar-refractivity contribution in [2.75, 3.05) is 26.7 Å². The largest absolute Gasteiger partial charge is 0.362 e. The Labute approximate surface area is 123 Å². The summed E-state index contributed by atoms with van der Waals surface area (Å²) in [5.41, 5.74) is -0.301. The highest BCUT2D eigenvalue weighted by molar-refractivity contribution is 5.93. The lowest BCUT2D eigenvalue weighted by molar-refractivity contribution is -0.153. The Morgan fingerprint density at radius 2 is 2.19 bits per heavy atom. The highest BCUT2D eigenvalue weighted by Crippen LogP contribution is 2.21. The van der Waals surface area contributed by atoms with Crippen LogP contribution in [-0.4, -0.2) is 54.2 Å². The maximum Gasteiger partial charge on any atom is 0.292 e. The fourth-order valence-corrected chi connectivity index (χ4v) is 2.26. The lowest BCUT2D eigenvalue weighted by Crippen LogP contribution is -2.58. The molecule has 1 aliphatic heterocycles. The number of nitrogens with one attached hydrogen (secondary N) is 1. The molecule has 21 heavy (non-hydrogen) atoms. The number of carbonyl (C=O) groups is 2. The monoisotopic (exact) mass is 295 g/mol. The van der Waals surface area contributed by atoms with Crippen LogP contribution in [0.3, 0.4) is 0 Å². The van der Waals surface area contributed by atoms with Gasteiger partial charge in [0.15, 0.2) is 5.60 Å². The van der Waals surface area contributed by atoms with Crippen molar-refractivity contribution in [3.63, 3.8) is 0 Å². The Morgan fingerprint density at radius 3 is 2.76 bits per heavy atom. The molecule has 0 bridgehead atoms. The van der Waals surface area contributed by atoms with E-state index in [1.54, 1.807) is 24.9 Å². The van der Waals surface area contributed by atoms with Crippen molar-refractivity contribution in [2.24, 2.45) is 0 Å². The van der Waals surface area contributed by atoms with Crippen LogP contribution in [0.1, 0.15) is 42.9 Å². The summed E-state index contributed by atoms with van der Waals surface area (Å²) in [5.74, 6) is -0.135. The molecule has 2 rings (SSSR count). The number of aromatic nitrogens is 1. The molecule has 1 aromatic rings. The molecule has 0 unspecified atom stereocenters. The Kier molecular flexibility index (Phi) is 4.32. The topological polar surface area (TPSA) is 84.7 Å². The van der Waals surface area contributed by atoms with Crippen LogP contribution in [0, 0.1) is 0 Å². The summed E-state index contributed by atoms with van der Waals surface area (Å²) >= 11 is 0. The van der Waals surface area contributed by atoms with Crippen molar-refractivity contribution >= 4 is 11.8 Å². The van der Waals surface area contributed by atoms with Gasteiger partial charge in [-0.2, -0.15) is 0 Å². The van der Waals surface area contributed by atoms with Crippen LogP contribution in [0.15, 0.2) is 10.6 Å². The van der Waals surface area contributed by atoms with Crippen LogP contribution in [0.5, 0.6) is 0 Å². The Bertz CT molecular complexity index is 540. The van der Waals surface area contributed by atoms with E-state index in [0.29, 0.717) is 13.2 Å². The number of morpholine rings is 1. The van der Waals surface area contributed by atoms with Crippen molar-refractivity contribution in [3.8, 4) is 0 Å². The zero-order valence-corrected chi connectivity index (χ0v) is 12.8. The van der Waals surface area contributed by atoms with E-state index >= 15 is 0 Å². The lowest BCUT2D eigenvalue weighted by Gasteiger charge is -2.38. The van der Waals surface area contributed by atoms with Crippen LogP contribution < -0.4 is 5.32 Å². The molecular formula is C14H21N3O4. The molecule has 0 spiro atoms. The summed E-state index contributed by atoms with van der Waals surface area (Å²) in [6.45, 7) is 6.53. The van der Waals surface area contributed by atoms with E-state index in [9.17, 15) is 9.59 Å². The predicted octanol–water partition coefficient (Wildman–Crippen LogP) is 0.775. The van der Waals surface area contributed by atoms with Gasteiger partial charge in [-0.05, 0) is 12.8 Å². The molecule has 1 aliphatic rings. The smallest absolute Gasteiger partial charge is 0.292 e. The first-order valence-electron chi connectivity index (χ1n) is 6.99. The van der Waals surface area contributed by atoms with Gasteiger partial charge in [0.1, 0.15) is 0 Å². The Hall–Kier alpha value is -1.89. The average molecular weight is 295 g/mol. The molecule has 1 saturated heterocycles. The van der Waals surface area contributed by atoms with Crippen molar-refractivity contribution in [1.82, 2.24) is 15.4 Å². The molecule has 1 atom stereocenters. The minimum atomic E-state index is -1.04. The molecule has 116 valence electrons. The second-order valence-corrected chi connectivity index (χ2v) is 5.66. The van der Waals surface area contributed by atoms with Gasteiger partial charge in [-0.1, -0.05) is 19.0 Å². The molecule has 0 radical (unpaired) electrons. The molecule has 0 aromatic carbocycles. The van der Waals surface area contributed by atoms with Gasteiger partial charge in [-0.25, -0.2) is 0 Å². The molecule has 1 aromatic heterocycles. The SMILES string of the molecule is CNC(=O)[C@]1(C)CN(C(=O)c2cc(C(C)C)no2)CCO1. The van der Waals surface area contributed by atoms with E-state index in [-0.39, 0.29) is 30.0 Å². The van der Waals surface area contributed by atoms with Gasteiger partial charge in [-0.15, -0.1) is 0 Å². The molecule has 0 saturated carbocycles. The van der Waals surface area contributed by atoms with E-state index in [1.807, 2.05) is 13.8 Å². The van der Waals surface area contributed by atoms with Gasteiger partial charge in [0.25, 0.3) is 11.8 Å². The molecule has 1 N–H and O–H groups in total. The van der Waals surface area contributed by atoms with Crippen molar-refractivity contribution in [2.45, 2.75) is 32.3 Å². The van der Waals surface area contributed by atoms with Crippen LogP contribution in [-0.2, 0) is 9.53 Å². The molecule has 7 heteroatoms. The number of rotatable bonds is 3. The van der Waals surface area contributed by atoms with Crippen LogP contribution in [0.4, 0.5) is 0 Å². The fraction of sp³-hybridized carbons (Fsp3) is 0.643. The van der Waals surface area contributed by atoms with E-state index in [2.05, 4.69) is 10.5 Å². The van der Waals surface area contributed by atoms with Gasteiger partial charge in [0, 0.05) is 19.7 Å². The maximum atomic E-state index is 12.4. The third kappa shape index (κ3) is 3.07. The van der Waals surface area contributed by atoms with Crippen molar-refractivity contribution < 1.29 is 18.8 Å². The minimum absolute atomic E-state index is 0.184. The van der Waals surface area contributed by atoms with Crippen LogP contribution in [0.2, 0.25) is 0 Å². The van der Waals surface area contributed by atoms with E-state index in [4.69, 9.17) is 9.26 Å². The highest BCUT2D eigenvalue weighted by Gasteiger charge is 2.41. The van der Waals surface area contributed by atoms with Crippen molar-refractivity contribution in [3.05, 3.63) is 17.5 Å². The standard InChI is InChI=1S/C14H21N3O4/c1-9(2)10-7-11(21-16-10)12(18)17-5-6-20-14(3,8-17)13(19)15-4/h7,9H,5-6,8H2,1-4H3,(H,15,19)/t14-/m0/s1. The summed E-state index contributed by atoms with van der Waals surface area (Å²) in [5, 5.41) is 6.44. The number of amides is 2. The summed E-state index contributed by atoms with van der Waals surface area (Å²) < 4.78 is 10.6. The highest BCUT2D eigenvalue weighted by atomic mass is 16.5. The number of carbonyl (C=O) groups excluding carboxylic acids is 2. The molecule has 7 nitrogen and oxygen atoms in total. The number of hydrogen-bond acceptors (Lipinski definition) is 5. The lowest BCUT2D eigenvalue weighted by atomic mass is 10.0. The van der Waals surface area contributed by atoms with E-state index in [0.717, 1.165) is 5.69 Å². The fourth-order valence-electron chi connectivity index (χ4n) is 2.26. The quantitative estimate of drug-likeness (QED) is 0.890. The van der Waals surface area contributed by atoms with Crippen LogP contribution >= 0.6 is 0 Å². The summed E-state index contributed by atoms with van der Waals surface area (Å²) in [7, 11) is 1.54. The van der Waals surface area contributed by atoms with Gasteiger partial charge in [-0.3, -0.25) is 9.59 Å². The zero-order chi connectivity index (χ0) is 15.6. The Balaban J connectivity index is 2.13. The van der Waals surface area contributed by atoms with Gasteiger partial charge in [0.2, 0.25) is 5.76 Å². The summed E-state index contributed by atoms with van der Waals surface area (Å²) in [4.78, 5) is 25.9. The molecular weight excluding hydrogens is 274 g/mol. The zero-order valence-electron chi connectivity index (χ0n) is 12.8. The molecule has 2 amide bonds. The Morgan fingerprint density at radius 1 is 1.48 bits per heavy atom. The van der Waals surface area contributed by atoms with E-state index < -0.39 is 5.60 Å². The van der Waals surface area contributed by atoms with Crippen molar-refractivity contribution in [1.29, 1.82) is 0 Å². The van der Waals surface area contributed by atoms with Crippen LogP contribution in [0.25, 0.3) is 0 Å². The number of hydrogen-bond donors (Lipinski definition) is 1. The third-order valence-electron chi connectivity index (χ3n) is 3.60. The van der Waals surface area contributed by atoms with Gasteiger partial charge < -0.3 is 19.5 Å². The summed E-state index contributed by atoms with van der Waals surface area (Å²) in [6, 6.07) is 1.65. The first-order valence-corrected chi connectivity index (χ1v) is 6.99. The predicted molar refractivity (Wildman–Crippen MR) is 74.9 cm³/mol.